The first-order valence-corrected chi connectivity index (χ1v) is 7.27. The molecule has 0 radical (unpaired) electrons. The summed E-state index contributed by atoms with van der Waals surface area (Å²) in [5, 5.41) is 10.2. The lowest BCUT2D eigenvalue weighted by Gasteiger charge is -2.30. The maximum Gasteiger partial charge on any atom is 0.0931 e. The second-order valence-corrected chi connectivity index (χ2v) is 6.81. The van der Waals surface area contributed by atoms with Crippen molar-refractivity contribution in [3.05, 3.63) is 21.3 Å². The molecule has 1 heterocycles. The predicted molar refractivity (Wildman–Crippen MR) is 70.2 cm³/mol. The molecule has 1 N–H and O–H groups in total. The Bertz CT molecular complexity index is 336. The van der Waals surface area contributed by atoms with Crippen LogP contribution < -0.4 is 0 Å². The second-order valence-electron chi connectivity index (χ2n) is 5.01. The Morgan fingerprint density at radius 1 is 1.50 bits per heavy atom. The first-order chi connectivity index (χ1) is 7.65. The van der Waals surface area contributed by atoms with Gasteiger partial charge in [-0.15, -0.1) is 11.3 Å². The van der Waals surface area contributed by atoms with Gasteiger partial charge < -0.3 is 5.11 Å². The number of aliphatic hydroxyl groups is 1. The van der Waals surface area contributed by atoms with Crippen LogP contribution in [0.15, 0.2) is 12.1 Å². The highest BCUT2D eigenvalue weighted by Gasteiger charge is 2.25. The average molecular weight is 259 g/mol. The molecule has 0 bridgehead atoms. The first-order valence-electron chi connectivity index (χ1n) is 6.07. The largest absolute Gasteiger partial charge is 0.392 e. The number of hydrogen-bond acceptors (Lipinski definition) is 2. The summed E-state index contributed by atoms with van der Waals surface area (Å²) in [6.45, 7) is 2.29. The monoisotopic (exact) mass is 258 g/mol. The highest BCUT2D eigenvalue weighted by Crippen LogP contribution is 2.33. The zero-order valence-corrected chi connectivity index (χ0v) is 11.2. The summed E-state index contributed by atoms with van der Waals surface area (Å²) < 4.78 is 0.819. The quantitative estimate of drug-likeness (QED) is 0.864. The molecule has 0 saturated heterocycles. The fourth-order valence-corrected chi connectivity index (χ4v) is 3.80. The molecule has 16 heavy (non-hydrogen) atoms. The highest BCUT2D eigenvalue weighted by molar-refractivity contribution is 7.16. The first kappa shape index (κ1) is 12.4. The van der Waals surface area contributed by atoms with E-state index in [1.807, 2.05) is 12.1 Å². The van der Waals surface area contributed by atoms with E-state index in [1.54, 1.807) is 11.3 Å². The molecule has 0 aliphatic heterocycles. The number of rotatable bonds is 3. The van der Waals surface area contributed by atoms with E-state index in [1.165, 1.54) is 30.6 Å². The van der Waals surface area contributed by atoms with Crippen molar-refractivity contribution in [3.8, 4) is 0 Å². The fourth-order valence-electron chi connectivity index (χ4n) is 2.66. The van der Waals surface area contributed by atoms with Gasteiger partial charge in [-0.2, -0.15) is 0 Å². The van der Waals surface area contributed by atoms with Gasteiger partial charge in [0.2, 0.25) is 0 Å². The van der Waals surface area contributed by atoms with Crippen molar-refractivity contribution in [2.45, 2.75) is 45.1 Å². The minimum absolute atomic E-state index is 0.183. The molecule has 1 aliphatic carbocycles. The average Bonchev–Trinajstić information content (AvgIpc) is 2.64. The van der Waals surface area contributed by atoms with Gasteiger partial charge in [0, 0.05) is 11.3 Å². The standard InChI is InChI=1S/C13H19ClOS/c1-9-3-2-4-10(7-9)12(15)8-11-5-6-13(14)16-11/h5-6,9-10,12,15H,2-4,7-8H2,1H3. The van der Waals surface area contributed by atoms with E-state index in [0.717, 1.165) is 16.7 Å². The molecule has 1 saturated carbocycles. The van der Waals surface area contributed by atoms with Gasteiger partial charge in [-0.05, 0) is 36.8 Å². The Hall–Kier alpha value is -0.0500. The van der Waals surface area contributed by atoms with Gasteiger partial charge in [-0.25, -0.2) is 0 Å². The summed E-state index contributed by atoms with van der Waals surface area (Å²) >= 11 is 7.48. The molecule has 3 heteroatoms. The minimum Gasteiger partial charge on any atom is -0.392 e. The molecule has 1 fully saturated rings. The van der Waals surface area contributed by atoms with E-state index in [4.69, 9.17) is 11.6 Å². The number of hydrogen-bond donors (Lipinski definition) is 1. The molecule has 1 aromatic heterocycles. The van der Waals surface area contributed by atoms with Gasteiger partial charge in [0.1, 0.15) is 0 Å². The van der Waals surface area contributed by atoms with Crippen LogP contribution in [-0.2, 0) is 6.42 Å². The maximum atomic E-state index is 10.2. The predicted octanol–water partition coefficient (Wildman–Crippen LogP) is 4.13. The zero-order valence-electron chi connectivity index (χ0n) is 9.66. The van der Waals surface area contributed by atoms with Crippen LogP contribution in [-0.4, -0.2) is 11.2 Å². The number of aliphatic hydroxyl groups excluding tert-OH is 1. The molecule has 0 amide bonds. The zero-order chi connectivity index (χ0) is 11.5. The Morgan fingerprint density at radius 2 is 2.31 bits per heavy atom. The summed E-state index contributed by atoms with van der Waals surface area (Å²) in [7, 11) is 0. The van der Waals surface area contributed by atoms with E-state index in [2.05, 4.69) is 6.92 Å². The van der Waals surface area contributed by atoms with E-state index in [9.17, 15) is 5.11 Å². The van der Waals surface area contributed by atoms with Gasteiger partial charge in [-0.3, -0.25) is 0 Å². The lowest BCUT2D eigenvalue weighted by Crippen LogP contribution is -2.27. The summed E-state index contributed by atoms with van der Waals surface area (Å²) in [6, 6.07) is 3.94. The van der Waals surface area contributed by atoms with Gasteiger partial charge in [0.15, 0.2) is 0 Å². The molecular formula is C13H19ClOS. The summed E-state index contributed by atoms with van der Waals surface area (Å²) in [6.07, 6.45) is 5.55. The van der Waals surface area contributed by atoms with Crippen molar-refractivity contribution in [1.82, 2.24) is 0 Å². The highest BCUT2D eigenvalue weighted by atomic mass is 35.5. The molecule has 1 nitrogen and oxygen atoms in total. The van der Waals surface area contributed by atoms with E-state index >= 15 is 0 Å². The molecule has 0 aromatic carbocycles. The topological polar surface area (TPSA) is 20.2 Å². The molecule has 1 aromatic rings. The second kappa shape index (κ2) is 5.52. The van der Waals surface area contributed by atoms with Crippen LogP contribution in [0, 0.1) is 11.8 Å². The Labute approximate surface area is 106 Å². The van der Waals surface area contributed by atoms with Crippen LogP contribution in [0.2, 0.25) is 4.34 Å². The van der Waals surface area contributed by atoms with E-state index < -0.39 is 0 Å². The smallest absolute Gasteiger partial charge is 0.0931 e. The Kier molecular flexibility index (Phi) is 4.28. The van der Waals surface area contributed by atoms with Gasteiger partial charge >= 0.3 is 0 Å². The molecule has 1 aliphatic rings. The summed E-state index contributed by atoms with van der Waals surface area (Å²) in [5.74, 6) is 1.27. The van der Waals surface area contributed by atoms with Crippen LogP contribution in [0.25, 0.3) is 0 Å². The van der Waals surface area contributed by atoms with Gasteiger partial charge in [0.05, 0.1) is 10.4 Å². The van der Waals surface area contributed by atoms with Crippen molar-refractivity contribution in [2.75, 3.05) is 0 Å². The molecule has 3 unspecified atom stereocenters. The third-order valence-corrected chi connectivity index (χ3v) is 4.81. The molecule has 2 rings (SSSR count). The van der Waals surface area contributed by atoms with Gasteiger partial charge in [-0.1, -0.05) is 31.4 Å². The summed E-state index contributed by atoms with van der Waals surface area (Å²) in [4.78, 5) is 1.20. The van der Waals surface area contributed by atoms with Crippen molar-refractivity contribution < 1.29 is 5.11 Å². The fraction of sp³-hybridized carbons (Fsp3) is 0.692. The molecule has 3 atom stereocenters. The van der Waals surface area contributed by atoms with Crippen LogP contribution in [0.4, 0.5) is 0 Å². The normalized spacial score (nSPS) is 27.9. The van der Waals surface area contributed by atoms with E-state index in [-0.39, 0.29) is 6.10 Å². The Morgan fingerprint density at radius 3 is 2.94 bits per heavy atom. The Balaban J connectivity index is 1.89. The van der Waals surface area contributed by atoms with Crippen molar-refractivity contribution in [3.63, 3.8) is 0 Å². The molecular weight excluding hydrogens is 240 g/mol. The van der Waals surface area contributed by atoms with Crippen LogP contribution in [0.5, 0.6) is 0 Å². The SMILES string of the molecule is CC1CCCC(C(O)Cc2ccc(Cl)s2)C1. The lowest BCUT2D eigenvalue weighted by atomic mass is 9.79. The van der Waals surface area contributed by atoms with Crippen molar-refractivity contribution in [2.24, 2.45) is 11.8 Å². The van der Waals surface area contributed by atoms with Crippen LogP contribution >= 0.6 is 22.9 Å². The number of thiophene rings is 1. The third kappa shape index (κ3) is 3.22. The van der Waals surface area contributed by atoms with Crippen LogP contribution in [0.1, 0.15) is 37.5 Å². The van der Waals surface area contributed by atoms with E-state index in [0.29, 0.717) is 5.92 Å². The van der Waals surface area contributed by atoms with Gasteiger partial charge in [0.25, 0.3) is 0 Å². The maximum absolute atomic E-state index is 10.2. The minimum atomic E-state index is -0.183. The molecule has 0 spiro atoms. The number of halogens is 1. The lowest BCUT2D eigenvalue weighted by molar-refractivity contribution is 0.0726. The van der Waals surface area contributed by atoms with Crippen molar-refractivity contribution in [1.29, 1.82) is 0 Å². The van der Waals surface area contributed by atoms with Crippen LogP contribution in [0.3, 0.4) is 0 Å². The van der Waals surface area contributed by atoms with Crippen molar-refractivity contribution >= 4 is 22.9 Å². The third-order valence-electron chi connectivity index (χ3n) is 3.56. The summed E-state index contributed by atoms with van der Waals surface area (Å²) in [5.41, 5.74) is 0. The molecule has 90 valence electrons.